The molecule has 0 fully saturated rings. The van der Waals surface area contributed by atoms with Gasteiger partial charge in [0.15, 0.2) is 11.6 Å². The average molecular weight is 563 g/mol. The van der Waals surface area contributed by atoms with Gasteiger partial charge >= 0.3 is 0 Å². The molecule has 0 aliphatic rings. The molecule has 10 nitrogen and oxygen atoms in total. The van der Waals surface area contributed by atoms with Gasteiger partial charge < -0.3 is 14.8 Å². The van der Waals surface area contributed by atoms with E-state index < -0.39 is 17.3 Å². The maximum atomic E-state index is 15.1. The Morgan fingerprint density at radius 1 is 0.976 bits per heavy atom. The van der Waals surface area contributed by atoms with E-state index >= 15 is 4.39 Å². The summed E-state index contributed by atoms with van der Waals surface area (Å²) in [6.45, 7) is -0.0378. The molecule has 1 amide bonds. The number of fused-ring (bicyclic) bond motifs is 1. The SMILES string of the molecule is COc1ccc2c(Oc3ccc(CNC(=O)c4c(-c5cnccn5)[nH]n(-c5ccccc5)c4=O)cc3F)ccnc2c1. The second-order valence-corrected chi connectivity index (χ2v) is 9.17. The molecule has 6 rings (SSSR count). The van der Waals surface area contributed by atoms with Crippen molar-refractivity contribution >= 4 is 16.8 Å². The minimum atomic E-state index is -0.647. The van der Waals surface area contributed by atoms with E-state index in [4.69, 9.17) is 9.47 Å². The summed E-state index contributed by atoms with van der Waals surface area (Å²) in [5.74, 6) is -0.178. The number of aromatic nitrogens is 5. The van der Waals surface area contributed by atoms with E-state index in [-0.39, 0.29) is 23.6 Å². The van der Waals surface area contributed by atoms with Crippen LogP contribution in [0.3, 0.4) is 0 Å². The molecule has 6 aromatic rings. The lowest BCUT2D eigenvalue weighted by atomic mass is 10.1. The number of amides is 1. The fourth-order valence-corrected chi connectivity index (χ4v) is 4.46. The topological polar surface area (TPSA) is 124 Å². The number of nitrogens with zero attached hydrogens (tertiary/aromatic N) is 4. The number of aromatic amines is 1. The van der Waals surface area contributed by atoms with Crippen molar-refractivity contribution in [3.63, 3.8) is 0 Å². The van der Waals surface area contributed by atoms with Crippen LogP contribution in [0.4, 0.5) is 4.39 Å². The summed E-state index contributed by atoms with van der Waals surface area (Å²) in [6, 6.07) is 20.2. The number of methoxy groups -OCH3 is 1. The molecule has 0 unspecified atom stereocenters. The summed E-state index contributed by atoms with van der Waals surface area (Å²) >= 11 is 0. The monoisotopic (exact) mass is 562 g/mol. The Kier molecular flexibility index (Phi) is 7.12. The summed E-state index contributed by atoms with van der Waals surface area (Å²) in [5.41, 5.74) is 1.50. The van der Waals surface area contributed by atoms with Gasteiger partial charge in [-0.15, -0.1) is 0 Å². The number of hydrogen-bond acceptors (Lipinski definition) is 7. The molecule has 2 N–H and O–H groups in total. The molecule has 3 aromatic heterocycles. The van der Waals surface area contributed by atoms with Gasteiger partial charge in [-0.1, -0.05) is 24.3 Å². The number of para-hydroxylation sites is 1. The summed E-state index contributed by atoms with van der Waals surface area (Å²) < 4.78 is 27.5. The lowest BCUT2D eigenvalue weighted by Gasteiger charge is -2.11. The number of ether oxygens (including phenoxy) is 2. The Balaban J connectivity index is 1.23. The normalized spacial score (nSPS) is 10.9. The molecule has 0 saturated heterocycles. The lowest BCUT2D eigenvalue weighted by Crippen LogP contribution is -2.29. The molecule has 0 aliphatic carbocycles. The van der Waals surface area contributed by atoms with Crippen LogP contribution in [0.15, 0.2) is 102 Å². The van der Waals surface area contributed by atoms with Gasteiger partial charge in [0.05, 0.1) is 24.5 Å². The Labute approximate surface area is 238 Å². The summed E-state index contributed by atoms with van der Waals surface area (Å²) in [4.78, 5) is 39.3. The van der Waals surface area contributed by atoms with Gasteiger partial charge in [0.1, 0.15) is 28.5 Å². The Hall–Kier alpha value is -5.84. The van der Waals surface area contributed by atoms with Crippen molar-refractivity contribution in [2.24, 2.45) is 0 Å². The first kappa shape index (κ1) is 26.4. The smallest absolute Gasteiger partial charge is 0.284 e. The number of benzene rings is 3. The minimum Gasteiger partial charge on any atom is -0.497 e. The highest BCUT2D eigenvalue weighted by Gasteiger charge is 2.24. The van der Waals surface area contributed by atoms with Crippen LogP contribution in [0, 0.1) is 5.82 Å². The first-order chi connectivity index (χ1) is 20.5. The van der Waals surface area contributed by atoms with E-state index in [1.807, 2.05) is 6.07 Å². The Morgan fingerprint density at radius 2 is 1.83 bits per heavy atom. The summed E-state index contributed by atoms with van der Waals surface area (Å²) in [5, 5.41) is 6.38. The van der Waals surface area contributed by atoms with E-state index in [1.165, 1.54) is 35.4 Å². The van der Waals surface area contributed by atoms with Gasteiger partial charge in [-0.25, -0.2) is 9.07 Å². The average Bonchev–Trinajstić information content (AvgIpc) is 3.38. The molecule has 0 aliphatic heterocycles. The third-order valence-electron chi connectivity index (χ3n) is 6.53. The maximum absolute atomic E-state index is 15.1. The number of nitrogens with one attached hydrogen (secondary N) is 2. The largest absolute Gasteiger partial charge is 0.497 e. The molecule has 3 aromatic carbocycles. The second-order valence-electron chi connectivity index (χ2n) is 9.17. The minimum absolute atomic E-state index is 0.00900. The zero-order valence-corrected chi connectivity index (χ0v) is 22.2. The molecule has 0 bridgehead atoms. The standard InChI is InChI=1S/C31H23FN6O4/c1-41-21-8-9-22-24(16-21)34-12-11-26(22)42-27-10-7-19(15-23(27)32)17-36-30(39)28-29(25-18-33-13-14-35-25)37-38(31(28)40)20-5-3-2-4-6-20/h2-16,18,37H,17H2,1H3,(H,36,39). The van der Waals surface area contributed by atoms with Crippen LogP contribution in [0.25, 0.3) is 28.0 Å². The van der Waals surface area contributed by atoms with Crippen LogP contribution in [0.5, 0.6) is 17.2 Å². The van der Waals surface area contributed by atoms with E-state index in [0.717, 1.165) is 0 Å². The molecule has 0 spiro atoms. The highest BCUT2D eigenvalue weighted by atomic mass is 19.1. The number of pyridine rings is 1. The number of H-pyrrole nitrogens is 1. The van der Waals surface area contributed by atoms with Crippen molar-refractivity contribution in [3.05, 3.63) is 125 Å². The predicted molar refractivity (Wildman–Crippen MR) is 153 cm³/mol. The first-order valence-corrected chi connectivity index (χ1v) is 12.9. The van der Waals surface area contributed by atoms with Gasteiger partial charge in [0, 0.05) is 36.6 Å². The van der Waals surface area contributed by atoms with Crippen molar-refractivity contribution in [3.8, 4) is 34.3 Å². The van der Waals surface area contributed by atoms with Gasteiger partial charge in [-0.3, -0.25) is 29.6 Å². The number of rotatable bonds is 8. The van der Waals surface area contributed by atoms with Crippen LogP contribution < -0.4 is 20.3 Å². The number of carbonyl (C=O) groups is 1. The third kappa shape index (κ3) is 5.18. The van der Waals surface area contributed by atoms with Crippen molar-refractivity contribution < 1.29 is 18.7 Å². The van der Waals surface area contributed by atoms with Gasteiger partial charge in [-0.2, -0.15) is 0 Å². The quantitative estimate of drug-likeness (QED) is 0.266. The van der Waals surface area contributed by atoms with Crippen LogP contribution in [-0.4, -0.2) is 37.7 Å². The van der Waals surface area contributed by atoms with Crippen LogP contribution in [0.1, 0.15) is 15.9 Å². The molecule has 208 valence electrons. The fourth-order valence-electron chi connectivity index (χ4n) is 4.46. The number of hydrogen-bond donors (Lipinski definition) is 2. The van der Waals surface area contributed by atoms with E-state index in [9.17, 15) is 9.59 Å². The predicted octanol–water partition coefficient (Wildman–Crippen LogP) is 5.04. The van der Waals surface area contributed by atoms with Crippen molar-refractivity contribution in [1.29, 1.82) is 0 Å². The van der Waals surface area contributed by atoms with Crippen LogP contribution in [-0.2, 0) is 6.54 Å². The molecule has 0 saturated carbocycles. The Morgan fingerprint density at radius 3 is 2.60 bits per heavy atom. The molecular formula is C31H23FN6O4. The highest BCUT2D eigenvalue weighted by molar-refractivity contribution is 5.99. The highest BCUT2D eigenvalue weighted by Crippen LogP contribution is 2.32. The molecule has 0 atom stereocenters. The van der Waals surface area contributed by atoms with Crippen LogP contribution in [0.2, 0.25) is 0 Å². The van der Waals surface area contributed by atoms with E-state index in [2.05, 4.69) is 25.4 Å². The molecule has 0 radical (unpaired) electrons. The first-order valence-electron chi connectivity index (χ1n) is 12.9. The Bertz CT molecular complexity index is 1960. The zero-order valence-electron chi connectivity index (χ0n) is 22.2. The van der Waals surface area contributed by atoms with Gasteiger partial charge in [0.2, 0.25) is 0 Å². The van der Waals surface area contributed by atoms with Gasteiger partial charge in [0.25, 0.3) is 11.5 Å². The zero-order chi connectivity index (χ0) is 29.1. The van der Waals surface area contributed by atoms with Crippen molar-refractivity contribution in [1.82, 2.24) is 30.0 Å². The summed E-state index contributed by atoms with van der Waals surface area (Å²) in [6.07, 6.45) is 5.98. The van der Waals surface area contributed by atoms with E-state index in [1.54, 1.807) is 67.9 Å². The van der Waals surface area contributed by atoms with Crippen molar-refractivity contribution in [2.75, 3.05) is 7.11 Å². The number of halogens is 1. The molecule has 3 heterocycles. The molecule has 42 heavy (non-hydrogen) atoms. The fraction of sp³-hybridized carbons (Fsp3) is 0.0645. The van der Waals surface area contributed by atoms with E-state index in [0.29, 0.717) is 39.3 Å². The number of carbonyl (C=O) groups excluding carboxylic acids is 1. The van der Waals surface area contributed by atoms with Crippen LogP contribution >= 0.6 is 0 Å². The molecule has 11 heteroatoms. The molecular weight excluding hydrogens is 539 g/mol. The third-order valence-corrected chi connectivity index (χ3v) is 6.53. The summed E-state index contributed by atoms with van der Waals surface area (Å²) in [7, 11) is 1.57. The van der Waals surface area contributed by atoms with Gasteiger partial charge in [-0.05, 0) is 48.0 Å². The second kappa shape index (κ2) is 11.3. The lowest BCUT2D eigenvalue weighted by molar-refractivity contribution is 0.0950. The van der Waals surface area contributed by atoms with Crippen molar-refractivity contribution in [2.45, 2.75) is 6.54 Å². The maximum Gasteiger partial charge on any atom is 0.284 e.